The molecule has 3 N–H and O–H groups in total. The smallest absolute Gasteiger partial charge is 0.407 e. The fourth-order valence-corrected chi connectivity index (χ4v) is 2.41. The van der Waals surface area contributed by atoms with Crippen LogP contribution in [0, 0.1) is 0 Å². The van der Waals surface area contributed by atoms with Crippen LogP contribution in [0.5, 0.6) is 0 Å². The van der Waals surface area contributed by atoms with E-state index in [1.54, 1.807) is 6.33 Å². The molecule has 1 aliphatic carbocycles. The number of nitrogens with one attached hydrogen (secondary N) is 3. The molecule has 0 spiro atoms. The van der Waals surface area contributed by atoms with Gasteiger partial charge < -0.3 is 20.4 Å². The van der Waals surface area contributed by atoms with Gasteiger partial charge in [0.15, 0.2) is 0 Å². The van der Waals surface area contributed by atoms with E-state index >= 15 is 0 Å². The quantitative estimate of drug-likeness (QED) is 0.787. The van der Waals surface area contributed by atoms with Crippen molar-refractivity contribution in [3.05, 3.63) is 18.2 Å². The van der Waals surface area contributed by atoms with E-state index in [2.05, 4.69) is 20.6 Å². The van der Waals surface area contributed by atoms with Crippen molar-refractivity contribution in [2.24, 2.45) is 0 Å². The highest BCUT2D eigenvalue weighted by molar-refractivity contribution is 5.68. The van der Waals surface area contributed by atoms with Gasteiger partial charge in [0.1, 0.15) is 5.60 Å². The lowest BCUT2D eigenvalue weighted by Gasteiger charge is -2.21. The van der Waals surface area contributed by atoms with E-state index in [0.717, 1.165) is 31.5 Å². The number of carbonyl (C=O) groups is 1. The summed E-state index contributed by atoms with van der Waals surface area (Å²) >= 11 is 0. The number of imidazole rings is 1. The third kappa shape index (κ3) is 4.85. The molecule has 1 saturated carbocycles. The van der Waals surface area contributed by atoms with Crippen LogP contribution in [0.2, 0.25) is 0 Å². The molecule has 1 aromatic rings. The fraction of sp³-hybridized carbons (Fsp3) is 0.714. The lowest BCUT2D eigenvalue weighted by Crippen LogP contribution is -2.38. The number of H-pyrrole nitrogens is 1. The highest BCUT2D eigenvalue weighted by Gasteiger charge is 2.27. The highest BCUT2D eigenvalue weighted by atomic mass is 16.6. The van der Waals surface area contributed by atoms with Crippen molar-refractivity contribution in [2.45, 2.75) is 64.3 Å². The summed E-state index contributed by atoms with van der Waals surface area (Å²) in [4.78, 5) is 18.8. The second-order valence-electron chi connectivity index (χ2n) is 6.31. The van der Waals surface area contributed by atoms with Crippen molar-refractivity contribution in [3.63, 3.8) is 0 Å². The molecule has 1 fully saturated rings. The zero-order chi connectivity index (χ0) is 14.6. The number of hydrogen-bond acceptors (Lipinski definition) is 4. The van der Waals surface area contributed by atoms with Gasteiger partial charge in [-0.2, -0.15) is 0 Å². The van der Waals surface area contributed by atoms with Gasteiger partial charge in [-0.15, -0.1) is 0 Å². The van der Waals surface area contributed by atoms with Crippen LogP contribution >= 0.6 is 0 Å². The molecule has 6 heteroatoms. The molecule has 6 nitrogen and oxygen atoms in total. The number of nitrogens with zero attached hydrogens (tertiary/aromatic N) is 1. The van der Waals surface area contributed by atoms with Gasteiger partial charge in [0.2, 0.25) is 0 Å². The van der Waals surface area contributed by atoms with Crippen LogP contribution < -0.4 is 10.6 Å². The van der Waals surface area contributed by atoms with Gasteiger partial charge in [-0.05, 0) is 40.0 Å². The summed E-state index contributed by atoms with van der Waals surface area (Å²) in [6.45, 7) is 6.39. The average molecular weight is 280 g/mol. The van der Waals surface area contributed by atoms with Crippen molar-refractivity contribution in [1.29, 1.82) is 0 Å². The maximum Gasteiger partial charge on any atom is 0.407 e. The van der Waals surface area contributed by atoms with Gasteiger partial charge >= 0.3 is 6.09 Å². The van der Waals surface area contributed by atoms with Crippen LogP contribution in [0.3, 0.4) is 0 Å². The molecular weight excluding hydrogens is 256 g/mol. The van der Waals surface area contributed by atoms with Crippen molar-refractivity contribution >= 4 is 6.09 Å². The van der Waals surface area contributed by atoms with Crippen LogP contribution in [-0.2, 0) is 11.3 Å². The van der Waals surface area contributed by atoms with Gasteiger partial charge in [-0.3, -0.25) is 0 Å². The Morgan fingerprint density at radius 3 is 2.85 bits per heavy atom. The average Bonchev–Trinajstić information content (AvgIpc) is 2.94. The van der Waals surface area contributed by atoms with Crippen LogP contribution in [-0.4, -0.2) is 33.7 Å². The molecule has 0 radical (unpaired) electrons. The molecule has 1 aliphatic rings. The fourth-order valence-electron chi connectivity index (χ4n) is 2.41. The Morgan fingerprint density at radius 1 is 1.45 bits per heavy atom. The maximum absolute atomic E-state index is 11.7. The van der Waals surface area contributed by atoms with E-state index in [0.29, 0.717) is 6.04 Å². The molecule has 2 unspecified atom stereocenters. The molecule has 0 bridgehead atoms. The predicted octanol–water partition coefficient (Wildman–Crippen LogP) is 1.95. The number of amides is 1. The van der Waals surface area contributed by atoms with E-state index in [1.807, 2.05) is 27.0 Å². The number of alkyl carbamates (subject to hydrolysis) is 1. The SMILES string of the molecule is CC(C)(C)OC(=O)NC1CCC(NCc2cnc[nH]2)C1. The van der Waals surface area contributed by atoms with Gasteiger partial charge in [0.05, 0.1) is 6.33 Å². The van der Waals surface area contributed by atoms with Crippen molar-refractivity contribution < 1.29 is 9.53 Å². The van der Waals surface area contributed by atoms with Gasteiger partial charge in [0.25, 0.3) is 0 Å². The Labute approximate surface area is 119 Å². The molecular formula is C14H24N4O2. The first-order valence-electron chi connectivity index (χ1n) is 7.12. The third-order valence-corrected chi connectivity index (χ3v) is 3.29. The maximum atomic E-state index is 11.7. The zero-order valence-corrected chi connectivity index (χ0v) is 12.4. The van der Waals surface area contributed by atoms with Gasteiger partial charge in [-0.1, -0.05) is 0 Å². The Morgan fingerprint density at radius 2 is 2.20 bits per heavy atom. The zero-order valence-electron chi connectivity index (χ0n) is 12.4. The first-order chi connectivity index (χ1) is 9.42. The van der Waals surface area contributed by atoms with Crippen LogP contribution in [0.15, 0.2) is 12.5 Å². The molecule has 1 heterocycles. The first-order valence-corrected chi connectivity index (χ1v) is 7.12. The van der Waals surface area contributed by atoms with E-state index in [4.69, 9.17) is 4.74 Å². The summed E-state index contributed by atoms with van der Waals surface area (Å²) in [5, 5.41) is 6.41. The summed E-state index contributed by atoms with van der Waals surface area (Å²) in [7, 11) is 0. The minimum atomic E-state index is -0.443. The van der Waals surface area contributed by atoms with E-state index < -0.39 is 5.60 Å². The summed E-state index contributed by atoms with van der Waals surface area (Å²) in [6.07, 6.45) is 6.16. The number of hydrogen-bond donors (Lipinski definition) is 3. The summed E-state index contributed by atoms with van der Waals surface area (Å²) in [5.74, 6) is 0. The largest absolute Gasteiger partial charge is 0.444 e. The van der Waals surface area contributed by atoms with E-state index in [-0.39, 0.29) is 12.1 Å². The van der Waals surface area contributed by atoms with Crippen molar-refractivity contribution in [3.8, 4) is 0 Å². The molecule has 112 valence electrons. The second kappa shape index (κ2) is 6.26. The first kappa shape index (κ1) is 14.8. The molecule has 2 atom stereocenters. The Balaban J connectivity index is 1.68. The van der Waals surface area contributed by atoms with Crippen molar-refractivity contribution in [2.75, 3.05) is 0 Å². The Bertz CT molecular complexity index is 425. The monoisotopic (exact) mass is 280 g/mol. The Hall–Kier alpha value is -1.56. The molecule has 1 aromatic heterocycles. The molecule has 1 amide bonds. The third-order valence-electron chi connectivity index (χ3n) is 3.29. The lowest BCUT2D eigenvalue weighted by molar-refractivity contribution is 0.0505. The molecule has 20 heavy (non-hydrogen) atoms. The second-order valence-corrected chi connectivity index (χ2v) is 6.31. The molecule has 0 aromatic carbocycles. The highest BCUT2D eigenvalue weighted by Crippen LogP contribution is 2.20. The van der Waals surface area contributed by atoms with Crippen LogP contribution in [0.4, 0.5) is 4.79 Å². The number of aromatic amines is 1. The van der Waals surface area contributed by atoms with Crippen molar-refractivity contribution in [1.82, 2.24) is 20.6 Å². The molecule has 0 aliphatic heterocycles. The normalized spacial score (nSPS) is 22.8. The number of carbonyl (C=O) groups excluding carboxylic acids is 1. The van der Waals surface area contributed by atoms with E-state index in [1.165, 1.54) is 0 Å². The summed E-state index contributed by atoms with van der Waals surface area (Å²) in [6, 6.07) is 0.627. The topological polar surface area (TPSA) is 79.0 Å². The lowest BCUT2D eigenvalue weighted by atomic mass is 10.2. The summed E-state index contributed by atoms with van der Waals surface area (Å²) in [5.41, 5.74) is 0.634. The number of ether oxygens (including phenoxy) is 1. The van der Waals surface area contributed by atoms with Crippen LogP contribution in [0.25, 0.3) is 0 Å². The standard InChI is InChI=1S/C14H24N4O2/c1-14(2,3)20-13(19)18-11-5-4-10(6-11)16-8-12-7-15-9-17-12/h7,9-11,16H,4-6,8H2,1-3H3,(H,15,17)(H,18,19). The molecule has 0 saturated heterocycles. The number of rotatable bonds is 4. The summed E-state index contributed by atoms with van der Waals surface area (Å²) < 4.78 is 5.27. The Kier molecular flexibility index (Phi) is 4.65. The predicted molar refractivity (Wildman–Crippen MR) is 76.2 cm³/mol. The van der Waals surface area contributed by atoms with Gasteiger partial charge in [0, 0.05) is 30.5 Å². The van der Waals surface area contributed by atoms with Gasteiger partial charge in [-0.25, -0.2) is 9.78 Å². The minimum absolute atomic E-state index is 0.198. The minimum Gasteiger partial charge on any atom is -0.444 e. The number of aromatic nitrogens is 2. The molecule has 2 rings (SSSR count). The van der Waals surface area contributed by atoms with E-state index in [9.17, 15) is 4.79 Å². The van der Waals surface area contributed by atoms with Crippen LogP contribution in [0.1, 0.15) is 45.7 Å².